The van der Waals surface area contributed by atoms with Crippen LogP contribution in [0, 0.1) is 5.92 Å². The number of hydrogen-bond acceptors (Lipinski definition) is 3. The number of nitrogens with one attached hydrogen (secondary N) is 2. The summed E-state index contributed by atoms with van der Waals surface area (Å²) in [6.45, 7) is 0.0598. The largest absolute Gasteiger partial charge is 0.399 e. The van der Waals surface area contributed by atoms with Gasteiger partial charge in [-0.3, -0.25) is 9.59 Å². The standard InChI is InChI=1S/C20H29N3O2/c21-16-9-10-17-15(12-16)6-3-7-18(17)23-20(25)13-22-19(24)11-8-14-4-1-2-5-14/h9-10,12,14,18H,1-8,11,13,21H2,(H,22,24)(H,23,25). The fourth-order valence-electron chi connectivity index (χ4n) is 4.13. The van der Waals surface area contributed by atoms with Gasteiger partial charge in [-0.05, 0) is 54.9 Å². The van der Waals surface area contributed by atoms with Crippen LogP contribution in [0.15, 0.2) is 18.2 Å². The van der Waals surface area contributed by atoms with Gasteiger partial charge in [-0.2, -0.15) is 0 Å². The van der Waals surface area contributed by atoms with Crippen LogP contribution in [0.5, 0.6) is 0 Å². The van der Waals surface area contributed by atoms with Gasteiger partial charge in [-0.25, -0.2) is 0 Å². The molecule has 2 aliphatic rings. The second-order valence-corrected chi connectivity index (χ2v) is 7.44. The van der Waals surface area contributed by atoms with Gasteiger partial charge >= 0.3 is 0 Å². The number of amides is 2. The molecule has 136 valence electrons. The van der Waals surface area contributed by atoms with Crippen molar-refractivity contribution in [3.05, 3.63) is 29.3 Å². The summed E-state index contributed by atoms with van der Waals surface area (Å²) in [5.74, 6) is 0.563. The Kier molecular flexibility index (Phi) is 5.95. The van der Waals surface area contributed by atoms with Crippen LogP contribution >= 0.6 is 0 Å². The minimum Gasteiger partial charge on any atom is -0.399 e. The van der Waals surface area contributed by atoms with Crippen LogP contribution in [-0.4, -0.2) is 18.4 Å². The van der Waals surface area contributed by atoms with E-state index in [2.05, 4.69) is 10.6 Å². The maximum absolute atomic E-state index is 12.2. The Labute approximate surface area is 149 Å². The molecule has 0 saturated heterocycles. The number of nitrogens with two attached hydrogens (primary N) is 1. The van der Waals surface area contributed by atoms with Gasteiger partial charge in [0.1, 0.15) is 0 Å². The lowest BCUT2D eigenvalue weighted by atomic mass is 9.87. The Morgan fingerprint density at radius 3 is 2.68 bits per heavy atom. The molecule has 1 aromatic rings. The third-order valence-electron chi connectivity index (χ3n) is 5.52. The quantitative estimate of drug-likeness (QED) is 0.694. The third kappa shape index (κ3) is 4.97. The van der Waals surface area contributed by atoms with Gasteiger partial charge in [0, 0.05) is 12.1 Å². The molecule has 5 heteroatoms. The third-order valence-corrected chi connectivity index (χ3v) is 5.52. The number of hydrogen-bond donors (Lipinski definition) is 3. The molecule has 1 atom stereocenters. The van der Waals surface area contributed by atoms with Crippen LogP contribution in [0.2, 0.25) is 0 Å². The van der Waals surface area contributed by atoms with Crippen molar-refractivity contribution in [3.63, 3.8) is 0 Å². The minimum atomic E-state index is -0.121. The Morgan fingerprint density at radius 1 is 1.08 bits per heavy atom. The number of fused-ring (bicyclic) bond motifs is 1. The second kappa shape index (κ2) is 8.37. The highest BCUT2D eigenvalue weighted by Gasteiger charge is 2.22. The van der Waals surface area contributed by atoms with Crippen LogP contribution < -0.4 is 16.4 Å². The smallest absolute Gasteiger partial charge is 0.239 e. The molecule has 1 unspecified atom stereocenters. The van der Waals surface area contributed by atoms with Crippen LogP contribution in [0.3, 0.4) is 0 Å². The molecule has 2 aliphatic carbocycles. The fourth-order valence-corrected chi connectivity index (χ4v) is 4.13. The Morgan fingerprint density at radius 2 is 1.88 bits per heavy atom. The molecule has 0 aromatic heterocycles. The molecular formula is C20H29N3O2. The molecule has 1 saturated carbocycles. The monoisotopic (exact) mass is 343 g/mol. The molecule has 5 nitrogen and oxygen atoms in total. The van der Waals surface area contributed by atoms with Crippen LogP contribution in [0.25, 0.3) is 0 Å². The maximum Gasteiger partial charge on any atom is 0.239 e. The number of nitrogen functional groups attached to an aromatic ring is 1. The highest BCUT2D eigenvalue weighted by atomic mass is 16.2. The van der Waals surface area contributed by atoms with E-state index in [1.54, 1.807) is 0 Å². The lowest BCUT2D eigenvalue weighted by Gasteiger charge is -2.26. The summed E-state index contributed by atoms with van der Waals surface area (Å²) in [4.78, 5) is 24.1. The SMILES string of the molecule is Nc1ccc2c(c1)CCCC2NC(=O)CNC(=O)CCC1CCCC1. The summed E-state index contributed by atoms with van der Waals surface area (Å²) in [6.07, 6.45) is 9.54. The summed E-state index contributed by atoms with van der Waals surface area (Å²) in [7, 11) is 0. The molecule has 3 rings (SSSR count). The number of rotatable bonds is 6. The lowest BCUT2D eigenvalue weighted by Crippen LogP contribution is -2.39. The number of aryl methyl sites for hydroxylation is 1. The number of anilines is 1. The van der Waals surface area contributed by atoms with Gasteiger partial charge in [-0.1, -0.05) is 31.7 Å². The average Bonchev–Trinajstić information content (AvgIpc) is 3.11. The Bertz CT molecular complexity index is 623. The zero-order valence-electron chi connectivity index (χ0n) is 14.9. The first-order valence-electron chi connectivity index (χ1n) is 9.56. The Balaban J connectivity index is 1.43. The van der Waals surface area contributed by atoms with Crippen molar-refractivity contribution in [2.45, 2.75) is 63.8 Å². The van der Waals surface area contributed by atoms with E-state index >= 15 is 0 Å². The van der Waals surface area contributed by atoms with Crippen LogP contribution in [0.4, 0.5) is 5.69 Å². The summed E-state index contributed by atoms with van der Waals surface area (Å²) in [5.41, 5.74) is 8.99. The van der Waals surface area contributed by atoms with Crippen molar-refractivity contribution >= 4 is 17.5 Å². The first-order chi connectivity index (χ1) is 12.1. The summed E-state index contributed by atoms with van der Waals surface area (Å²) in [6, 6.07) is 5.91. The first-order valence-corrected chi connectivity index (χ1v) is 9.56. The molecular weight excluding hydrogens is 314 g/mol. The van der Waals surface area contributed by atoms with Crippen molar-refractivity contribution < 1.29 is 9.59 Å². The van der Waals surface area contributed by atoms with E-state index in [0.29, 0.717) is 12.3 Å². The number of benzene rings is 1. The van der Waals surface area contributed by atoms with Crippen molar-refractivity contribution in [3.8, 4) is 0 Å². The average molecular weight is 343 g/mol. The summed E-state index contributed by atoms with van der Waals surface area (Å²) < 4.78 is 0. The number of carbonyl (C=O) groups excluding carboxylic acids is 2. The molecule has 1 fully saturated rings. The van der Waals surface area contributed by atoms with Gasteiger partial charge in [0.05, 0.1) is 12.6 Å². The van der Waals surface area contributed by atoms with Crippen molar-refractivity contribution in [1.82, 2.24) is 10.6 Å². The van der Waals surface area contributed by atoms with Crippen molar-refractivity contribution in [1.29, 1.82) is 0 Å². The zero-order valence-corrected chi connectivity index (χ0v) is 14.9. The predicted octanol–water partition coefficient (Wildman–Crippen LogP) is 2.85. The molecule has 0 radical (unpaired) electrons. The highest BCUT2D eigenvalue weighted by molar-refractivity contribution is 5.84. The van der Waals surface area contributed by atoms with E-state index in [9.17, 15) is 9.59 Å². The topological polar surface area (TPSA) is 84.2 Å². The molecule has 0 spiro atoms. The first kappa shape index (κ1) is 17.8. The van der Waals surface area contributed by atoms with Gasteiger partial charge < -0.3 is 16.4 Å². The van der Waals surface area contributed by atoms with Crippen LogP contribution in [0.1, 0.15) is 68.5 Å². The van der Waals surface area contributed by atoms with Gasteiger partial charge in [0.25, 0.3) is 0 Å². The zero-order chi connectivity index (χ0) is 17.6. The van der Waals surface area contributed by atoms with Gasteiger partial charge in [0.2, 0.25) is 11.8 Å². The maximum atomic E-state index is 12.2. The van der Waals surface area contributed by atoms with Crippen molar-refractivity contribution in [2.24, 2.45) is 5.92 Å². The molecule has 2 amide bonds. The van der Waals surface area contributed by atoms with E-state index in [1.807, 2.05) is 18.2 Å². The molecule has 0 heterocycles. The van der Waals surface area contributed by atoms with E-state index < -0.39 is 0 Å². The summed E-state index contributed by atoms with van der Waals surface area (Å²) in [5, 5.41) is 5.81. The fraction of sp³-hybridized carbons (Fsp3) is 0.600. The van der Waals surface area contributed by atoms with E-state index in [0.717, 1.165) is 36.9 Å². The second-order valence-electron chi connectivity index (χ2n) is 7.44. The molecule has 0 aliphatic heterocycles. The minimum absolute atomic E-state index is 0.0149. The normalized spacial score (nSPS) is 20.1. The van der Waals surface area contributed by atoms with Crippen LogP contribution in [-0.2, 0) is 16.0 Å². The highest BCUT2D eigenvalue weighted by Crippen LogP contribution is 2.31. The van der Waals surface area contributed by atoms with Crippen molar-refractivity contribution in [2.75, 3.05) is 12.3 Å². The predicted molar refractivity (Wildman–Crippen MR) is 98.9 cm³/mol. The van der Waals surface area contributed by atoms with E-state index in [1.165, 1.54) is 31.2 Å². The Hall–Kier alpha value is -2.04. The van der Waals surface area contributed by atoms with Gasteiger partial charge in [-0.15, -0.1) is 0 Å². The molecule has 1 aromatic carbocycles. The van der Waals surface area contributed by atoms with Gasteiger partial charge in [0.15, 0.2) is 0 Å². The van der Waals surface area contributed by atoms with E-state index in [-0.39, 0.29) is 24.4 Å². The number of carbonyl (C=O) groups is 2. The lowest BCUT2D eigenvalue weighted by molar-refractivity contribution is -0.126. The summed E-state index contributed by atoms with van der Waals surface area (Å²) >= 11 is 0. The molecule has 4 N–H and O–H groups in total. The molecule has 0 bridgehead atoms. The van der Waals surface area contributed by atoms with E-state index in [4.69, 9.17) is 5.73 Å². The molecule has 25 heavy (non-hydrogen) atoms.